The number of nitrogens with one attached hydrogen (secondary N) is 1. The maximum Gasteiger partial charge on any atom is 0.586 e. The SMILES string of the molecule is CCn1c(=O)c2ccccc2n2c(CNc3ccc4c(c3)OC(F)(F)O4)nnc12. The van der Waals surface area contributed by atoms with Crippen LogP contribution in [0.15, 0.2) is 47.3 Å². The Hall–Kier alpha value is -3.69. The number of alkyl halides is 2. The molecule has 0 saturated carbocycles. The Morgan fingerprint density at radius 2 is 1.90 bits per heavy atom. The van der Waals surface area contributed by atoms with Gasteiger partial charge in [-0.3, -0.25) is 13.8 Å². The number of benzene rings is 2. The molecule has 0 bridgehead atoms. The van der Waals surface area contributed by atoms with Gasteiger partial charge in [-0.05, 0) is 31.2 Å². The minimum absolute atomic E-state index is 0.0218. The normalized spacial score (nSPS) is 14.6. The van der Waals surface area contributed by atoms with E-state index >= 15 is 0 Å². The molecule has 1 aliphatic rings. The van der Waals surface area contributed by atoms with Gasteiger partial charge in [-0.15, -0.1) is 19.0 Å². The van der Waals surface area contributed by atoms with Gasteiger partial charge in [0.25, 0.3) is 5.56 Å². The molecule has 8 nitrogen and oxygen atoms in total. The number of fused-ring (bicyclic) bond motifs is 4. The van der Waals surface area contributed by atoms with E-state index in [-0.39, 0.29) is 23.6 Å². The van der Waals surface area contributed by atoms with Crippen molar-refractivity contribution in [2.45, 2.75) is 26.3 Å². The van der Waals surface area contributed by atoms with Crippen LogP contribution in [0.25, 0.3) is 16.7 Å². The maximum atomic E-state index is 13.2. The van der Waals surface area contributed by atoms with Gasteiger partial charge in [0.15, 0.2) is 17.3 Å². The number of rotatable bonds is 4. The summed E-state index contributed by atoms with van der Waals surface area (Å²) in [7, 11) is 0. The number of halogens is 2. The lowest BCUT2D eigenvalue weighted by Gasteiger charge is -2.10. The molecule has 29 heavy (non-hydrogen) atoms. The summed E-state index contributed by atoms with van der Waals surface area (Å²) < 4.78 is 38.6. The Kier molecular flexibility index (Phi) is 3.70. The standard InChI is InChI=1S/C19H15F2N5O3/c1-2-25-17(27)12-5-3-4-6-13(12)26-16(23-24-18(25)26)10-22-11-7-8-14-15(9-11)29-19(20,21)28-14/h3-9,22H,2,10H2,1H3. The van der Waals surface area contributed by atoms with Crippen molar-refractivity contribution in [2.75, 3.05) is 5.32 Å². The minimum atomic E-state index is -3.66. The van der Waals surface area contributed by atoms with Crippen molar-refractivity contribution in [1.82, 2.24) is 19.2 Å². The molecule has 5 rings (SSSR count). The van der Waals surface area contributed by atoms with Gasteiger partial charge < -0.3 is 14.8 Å². The van der Waals surface area contributed by atoms with E-state index in [1.165, 1.54) is 12.1 Å². The molecule has 0 saturated heterocycles. The lowest BCUT2D eigenvalue weighted by atomic mass is 10.2. The van der Waals surface area contributed by atoms with Gasteiger partial charge in [-0.25, -0.2) is 0 Å². The average molecular weight is 399 g/mol. The molecule has 3 heterocycles. The summed E-state index contributed by atoms with van der Waals surface area (Å²) >= 11 is 0. The first-order chi connectivity index (χ1) is 14.0. The number of para-hydroxylation sites is 1. The summed E-state index contributed by atoms with van der Waals surface area (Å²) in [6, 6.07) is 11.7. The van der Waals surface area contributed by atoms with E-state index in [0.717, 1.165) is 0 Å². The van der Waals surface area contributed by atoms with Gasteiger partial charge in [-0.1, -0.05) is 12.1 Å². The monoisotopic (exact) mass is 399 g/mol. The average Bonchev–Trinajstić information content (AvgIpc) is 3.25. The summed E-state index contributed by atoms with van der Waals surface area (Å²) in [5.74, 6) is 0.947. The third-order valence-electron chi connectivity index (χ3n) is 4.74. The van der Waals surface area contributed by atoms with E-state index in [4.69, 9.17) is 0 Å². The second-order valence-corrected chi connectivity index (χ2v) is 6.50. The molecule has 0 radical (unpaired) electrons. The van der Waals surface area contributed by atoms with Crippen molar-refractivity contribution in [3.63, 3.8) is 0 Å². The topological polar surface area (TPSA) is 82.7 Å². The van der Waals surface area contributed by atoms with Gasteiger partial charge in [0, 0.05) is 18.3 Å². The van der Waals surface area contributed by atoms with Crippen LogP contribution in [0.1, 0.15) is 12.7 Å². The molecule has 2 aromatic heterocycles. The van der Waals surface area contributed by atoms with Crippen LogP contribution in [0.2, 0.25) is 0 Å². The van der Waals surface area contributed by atoms with Crippen molar-refractivity contribution in [1.29, 1.82) is 0 Å². The fourth-order valence-electron chi connectivity index (χ4n) is 3.45. The van der Waals surface area contributed by atoms with Crippen molar-refractivity contribution in [3.8, 4) is 11.5 Å². The first-order valence-electron chi connectivity index (χ1n) is 8.96. The van der Waals surface area contributed by atoms with Crippen LogP contribution < -0.4 is 20.3 Å². The second-order valence-electron chi connectivity index (χ2n) is 6.50. The number of aryl methyl sites for hydroxylation is 1. The summed E-state index contributed by atoms with van der Waals surface area (Å²) in [4.78, 5) is 12.7. The number of ether oxygens (including phenoxy) is 2. The maximum absolute atomic E-state index is 13.2. The van der Waals surface area contributed by atoms with Crippen LogP contribution in [-0.4, -0.2) is 25.5 Å². The van der Waals surface area contributed by atoms with Gasteiger partial charge in [0.05, 0.1) is 17.4 Å². The Labute approximate surface area is 162 Å². The molecular weight excluding hydrogens is 384 g/mol. The van der Waals surface area contributed by atoms with Gasteiger partial charge in [0.2, 0.25) is 5.78 Å². The molecule has 2 aromatic carbocycles. The fourth-order valence-corrected chi connectivity index (χ4v) is 3.45. The highest BCUT2D eigenvalue weighted by Gasteiger charge is 2.43. The summed E-state index contributed by atoms with van der Waals surface area (Å²) in [5, 5.41) is 12.1. The number of hydrogen-bond donors (Lipinski definition) is 1. The Bertz CT molecular complexity index is 1310. The smallest absolute Gasteiger partial charge is 0.395 e. The highest BCUT2D eigenvalue weighted by molar-refractivity contribution is 5.80. The molecule has 0 atom stereocenters. The highest BCUT2D eigenvalue weighted by Crippen LogP contribution is 2.42. The van der Waals surface area contributed by atoms with Gasteiger partial charge in [-0.2, -0.15) is 0 Å². The first kappa shape index (κ1) is 17.4. The van der Waals surface area contributed by atoms with Crippen LogP contribution in [0.3, 0.4) is 0 Å². The third-order valence-corrected chi connectivity index (χ3v) is 4.74. The van der Waals surface area contributed by atoms with E-state index in [1.807, 2.05) is 23.5 Å². The van der Waals surface area contributed by atoms with E-state index in [0.29, 0.717) is 34.7 Å². The van der Waals surface area contributed by atoms with Crippen molar-refractivity contribution < 1.29 is 18.3 Å². The third kappa shape index (κ3) is 2.75. The molecule has 0 aliphatic carbocycles. The van der Waals surface area contributed by atoms with Gasteiger partial charge >= 0.3 is 6.29 Å². The lowest BCUT2D eigenvalue weighted by molar-refractivity contribution is -0.286. The molecule has 1 aliphatic heterocycles. The molecule has 10 heteroatoms. The van der Waals surface area contributed by atoms with E-state index in [2.05, 4.69) is 25.0 Å². The molecule has 0 spiro atoms. The molecule has 0 amide bonds. The van der Waals surface area contributed by atoms with Gasteiger partial charge in [0.1, 0.15) is 0 Å². The predicted molar refractivity (Wildman–Crippen MR) is 100 cm³/mol. The molecule has 0 fully saturated rings. The Morgan fingerprint density at radius 1 is 1.10 bits per heavy atom. The Balaban J connectivity index is 1.53. The molecule has 1 N–H and O–H groups in total. The minimum Gasteiger partial charge on any atom is -0.395 e. The van der Waals surface area contributed by atoms with Crippen LogP contribution in [-0.2, 0) is 13.1 Å². The summed E-state index contributed by atoms with van der Waals surface area (Å²) in [6.45, 7) is 2.57. The van der Waals surface area contributed by atoms with Crippen LogP contribution >= 0.6 is 0 Å². The zero-order valence-corrected chi connectivity index (χ0v) is 15.2. The predicted octanol–water partition coefficient (Wildman–Crippen LogP) is 3.00. The molecule has 0 unspecified atom stereocenters. The first-order valence-corrected chi connectivity index (χ1v) is 8.96. The summed E-state index contributed by atoms with van der Waals surface area (Å²) in [5.41, 5.74) is 1.12. The van der Waals surface area contributed by atoms with Crippen LogP contribution in [0, 0.1) is 0 Å². The summed E-state index contributed by atoms with van der Waals surface area (Å²) in [6.07, 6.45) is -3.66. The zero-order valence-electron chi connectivity index (χ0n) is 15.2. The van der Waals surface area contributed by atoms with E-state index in [9.17, 15) is 13.6 Å². The zero-order chi connectivity index (χ0) is 20.2. The molecule has 4 aromatic rings. The highest BCUT2D eigenvalue weighted by atomic mass is 19.3. The Morgan fingerprint density at radius 3 is 2.72 bits per heavy atom. The lowest BCUT2D eigenvalue weighted by Crippen LogP contribution is -2.25. The van der Waals surface area contributed by atoms with Crippen LogP contribution in [0.4, 0.5) is 14.5 Å². The molecular formula is C19H15F2N5O3. The number of nitrogens with zero attached hydrogens (tertiary/aromatic N) is 4. The largest absolute Gasteiger partial charge is 0.586 e. The molecule has 148 valence electrons. The second kappa shape index (κ2) is 6.16. The van der Waals surface area contributed by atoms with Crippen molar-refractivity contribution in [2.24, 2.45) is 0 Å². The van der Waals surface area contributed by atoms with Crippen molar-refractivity contribution >= 4 is 22.4 Å². The van der Waals surface area contributed by atoms with E-state index in [1.54, 1.807) is 22.8 Å². The number of anilines is 1. The number of hydrogen-bond acceptors (Lipinski definition) is 6. The van der Waals surface area contributed by atoms with Crippen LogP contribution in [0.5, 0.6) is 11.5 Å². The fraction of sp³-hybridized carbons (Fsp3) is 0.211. The number of aromatic nitrogens is 4. The van der Waals surface area contributed by atoms with E-state index < -0.39 is 6.29 Å². The van der Waals surface area contributed by atoms with Crippen molar-refractivity contribution in [3.05, 3.63) is 58.6 Å². The quantitative estimate of drug-likeness (QED) is 0.568.